The fourth-order valence-corrected chi connectivity index (χ4v) is 3.81. The molecule has 0 N–H and O–H groups in total. The van der Waals surface area contributed by atoms with Crippen LogP contribution in [0, 0.1) is 11.7 Å². The number of carbonyl (C=O) groups is 1. The van der Waals surface area contributed by atoms with Crippen LogP contribution in [0.2, 0.25) is 0 Å². The van der Waals surface area contributed by atoms with Crippen molar-refractivity contribution in [1.82, 2.24) is 14.7 Å². The highest BCUT2D eigenvalue weighted by molar-refractivity contribution is 9.10. The summed E-state index contributed by atoms with van der Waals surface area (Å²) in [6.07, 6.45) is 0.507. The summed E-state index contributed by atoms with van der Waals surface area (Å²) in [5.74, 6) is -0.0677. The Hall–Kier alpha value is -1.63. The second kappa shape index (κ2) is 6.59. The molecule has 0 saturated carbocycles. The molecule has 7 heteroatoms. The predicted molar refractivity (Wildman–Crippen MR) is 98.0 cm³/mol. The van der Waals surface area contributed by atoms with Crippen molar-refractivity contribution < 1.29 is 13.9 Å². The highest BCUT2D eigenvalue weighted by atomic mass is 79.9. The van der Waals surface area contributed by atoms with E-state index >= 15 is 0 Å². The van der Waals surface area contributed by atoms with Crippen molar-refractivity contribution in [2.24, 2.45) is 5.92 Å². The zero-order chi connectivity index (χ0) is 18.4. The first kappa shape index (κ1) is 18.2. The first-order valence-corrected chi connectivity index (χ1v) is 9.26. The normalized spacial score (nSPS) is 21.6. The number of nitrogens with zero attached hydrogens (tertiary/aromatic N) is 3. The maximum Gasteiger partial charge on any atom is 0.410 e. The van der Waals surface area contributed by atoms with Gasteiger partial charge in [0, 0.05) is 18.5 Å². The summed E-state index contributed by atoms with van der Waals surface area (Å²) < 4.78 is 21.6. The monoisotopic (exact) mass is 411 g/mol. The van der Waals surface area contributed by atoms with Gasteiger partial charge in [0.05, 0.1) is 11.6 Å². The molecule has 25 heavy (non-hydrogen) atoms. The number of ether oxygens (including phenoxy) is 1. The van der Waals surface area contributed by atoms with Crippen LogP contribution in [-0.2, 0) is 4.74 Å². The summed E-state index contributed by atoms with van der Waals surface area (Å²) in [5, 5.41) is 5.33. The van der Waals surface area contributed by atoms with Gasteiger partial charge >= 0.3 is 6.09 Å². The van der Waals surface area contributed by atoms with E-state index < -0.39 is 5.60 Å². The largest absolute Gasteiger partial charge is 0.444 e. The number of halogens is 2. The summed E-state index contributed by atoms with van der Waals surface area (Å²) in [6.45, 7) is 8.94. The Morgan fingerprint density at radius 2 is 2.12 bits per heavy atom. The van der Waals surface area contributed by atoms with Gasteiger partial charge in [0.25, 0.3) is 0 Å². The second-order valence-electron chi connectivity index (χ2n) is 7.66. The van der Waals surface area contributed by atoms with E-state index in [1.54, 1.807) is 11.0 Å². The Morgan fingerprint density at radius 3 is 2.76 bits per heavy atom. The van der Waals surface area contributed by atoms with Crippen LogP contribution < -0.4 is 0 Å². The van der Waals surface area contributed by atoms with E-state index in [0.29, 0.717) is 17.7 Å². The SMILES string of the molecule is C[C@@H]1CN(C(=O)OC(C)(C)C)CC[C@@H]1n1nc(Br)c2cc(F)ccc21. The molecule has 0 aliphatic carbocycles. The average molecular weight is 412 g/mol. The minimum Gasteiger partial charge on any atom is -0.444 e. The lowest BCUT2D eigenvalue weighted by Crippen LogP contribution is -2.45. The van der Waals surface area contributed by atoms with Crippen LogP contribution in [0.1, 0.15) is 40.2 Å². The first-order valence-electron chi connectivity index (χ1n) is 8.47. The Kier molecular flexibility index (Phi) is 4.79. The molecule has 1 aromatic heterocycles. The molecule has 2 heterocycles. The van der Waals surface area contributed by atoms with E-state index in [1.165, 1.54) is 12.1 Å². The van der Waals surface area contributed by atoms with Gasteiger partial charge in [0.15, 0.2) is 0 Å². The van der Waals surface area contributed by atoms with Crippen LogP contribution in [0.25, 0.3) is 10.9 Å². The number of likely N-dealkylation sites (tertiary alicyclic amines) is 1. The Bertz CT molecular complexity index is 799. The molecule has 5 nitrogen and oxygen atoms in total. The number of aromatic nitrogens is 2. The molecule has 1 aromatic carbocycles. The number of hydrogen-bond acceptors (Lipinski definition) is 3. The number of amides is 1. The minimum atomic E-state index is -0.496. The molecule has 2 aromatic rings. The highest BCUT2D eigenvalue weighted by Crippen LogP contribution is 2.34. The van der Waals surface area contributed by atoms with Gasteiger partial charge in [0.2, 0.25) is 0 Å². The van der Waals surface area contributed by atoms with Crippen molar-refractivity contribution in [3.63, 3.8) is 0 Å². The fourth-order valence-electron chi connectivity index (χ4n) is 3.32. The zero-order valence-electron chi connectivity index (χ0n) is 14.9. The summed E-state index contributed by atoms with van der Waals surface area (Å²) in [4.78, 5) is 14.0. The number of hydrogen-bond donors (Lipinski definition) is 0. The van der Waals surface area contributed by atoms with E-state index in [4.69, 9.17) is 4.74 Å². The standard InChI is InChI=1S/C18H23BrFN3O2/c1-11-10-22(17(24)25-18(2,3)4)8-7-14(11)23-15-6-5-12(20)9-13(15)16(19)21-23/h5-6,9,11,14H,7-8,10H2,1-4H3/t11-,14+/m1/s1. The summed E-state index contributed by atoms with van der Waals surface area (Å²) in [5.41, 5.74) is 0.403. The van der Waals surface area contributed by atoms with Gasteiger partial charge in [-0.2, -0.15) is 5.10 Å². The number of carbonyl (C=O) groups excluding carboxylic acids is 1. The molecule has 0 bridgehead atoms. The van der Waals surface area contributed by atoms with Gasteiger partial charge in [-0.3, -0.25) is 4.68 Å². The molecule has 0 spiro atoms. The van der Waals surface area contributed by atoms with Crippen molar-refractivity contribution in [3.8, 4) is 0 Å². The first-order chi connectivity index (χ1) is 11.7. The highest BCUT2D eigenvalue weighted by Gasteiger charge is 2.33. The van der Waals surface area contributed by atoms with Crippen molar-refractivity contribution in [3.05, 3.63) is 28.6 Å². The zero-order valence-corrected chi connectivity index (χ0v) is 16.5. The molecule has 1 aliphatic heterocycles. The lowest BCUT2D eigenvalue weighted by Gasteiger charge is -2.37. The van der Waals surface area contributed by atoms with E-state index in [-0.39, 0.29) is 23.9 Å². The minimum absolute atomic E-state index is 0.151. The molecule has 1 fully saturated rings. The van der Waals surface area contributed by atoms with Crippen LogP contribution in [0.5, 0.6) is 0 Å². The van der Waals surface area contributed by atoms with Gasteiger partial charge in [-0.05, 0) is 67.2 Å². The Morgan fingerprint density at radius 1 is 1.40 bits per heavy atom. The summed E-state index contributed by atoms with van der Waals surface area (Å²) in [6, 6.07) is 4.85. The van der Waals surface area contributed by atoms with E-state index in [0.717, 1.165) is 17.3 Å². The van der Waals surface area contributed by atoms with Gasteiger partial charge in [-0.1, -0.05) is 6.92 Å². The molecule has 136 valence electrons. The molecule has 0 radical (unpaired) electrons. The van der Waals surface area contributed by atoms with Crippen molar-refractivity contribution in [2.45, 2.75) is 45.8 Å². The quantitative estimate of drug-likeness (QED) is 0.679. The van der Waals surface area contributed by atoms with Gasteiger partial charge in [-0.25, -0.2) is 9.18 Å². The van der Waals surface area contributed by atoms with Crippen molar-refractivity contribution in [1.29, 1.82) is 0 Å². The second-order valence-corrected chi connectivity index (χ2v) is 8.41. The summed E-state index contributed by atoms with van der Waals surface area (Å²) >= 11 is 3.42. The third-order valence-corrected chi connectivity index (χ3v) is 5.03. The lowest BCUT2D eigenvalue weighted by molar-refractivity contribution is 0.0121. The maximum atomic E-state index is 13.5. The van der Waals surface area contributed by atoms with Crippen LogP contribution in [-0.4, -0.2) is 39.5 Å². The van der Waals surface area contributed by atoms with Gasteiger partial charge in [-0.15, -0.1) is 0 Å². The van der Waals surface area contributed by atoms with Gasteiger partial charge < -0.3 is 9.64 Å². The van der Waals surface area contributed by atoms with E-state index in [1.807, 2.05) is 25.5 Å². The molecule has 1 saturated heterocycles. The predicted octanol–water partition coefficient (Wildman–Crippen LogP) is 4.76. The number of rotatable bonds is 1. The molecule has 3 rings (SSSR count). The van der Waals surface area contributed by atoms with Gasteiger partial charge in [0.1, 0.15) is 16.0 Å². The van der Waals surface area contributed by atoms with E-state index in [2.05, 4.69) is 28.0 Å². The topological polar surface area (TPSA) is 47.4 Å². The molecule has 1 aliphatic rings. The maximum absolute atomic E-state index is 13.5. The number of benzene rings is 1. The molecular weight excluding hydrogens is 389 g/mol. The Balaban J connectivity index is 1.79. The molecule has 0 unspecified atom stereocenters. The van der Waals surface area contributed by atoms with Crippen molar-refractivity contribution in [2.75, 3.05) is 13.1 Å². The van der Waals surface area contributed by atoms with Crippen LogP contribution in [0.15, 0.2) is 22.8 Å². The van der Waals surface area contributed by atoms with E-state index in [9.17, 15) is 9.18 Å². The Labute approximate surface area is 155 Å². The molecule has 2 atom stereocenters. The van der Waals surface area contributed by atoms with Crippen LogP contribution in [0.4, 0.5) is 9.18 Å². The number of piperidine rings is 1. The molecule has 1 amide bonds. The lowest BCUT2D eigenvalue weighted by atomic mass is 9.94. The van der Waals surface area contributed by atoms with Crippen molar-refractivity contribution >= 4 is 32.9 Å². The average Bonchev–Trinajstić information content (AvgIpc) is 2.82. The third-order valence-electron chi connectivity index (χ3n) is 4.45. The number of fused-ring (bicyclic) bond motifs is 1. The summed E-state index contributed by atoms with van der Waals surface area (Å²) in [7, 11) is 0. The molecular formula is C18H23BrFN3O2. The fraction of sp³-hybridized carbons (Fsp3) is 0.556. The smallest absolute Gasteiger partial charge is 0.410 e. The van der Waals surface area contributed by atoms with Crippen LogP contribution >= 0.6 is 15.9 Å². The van der Waals surface area contributed by atoms with Crippen LogP contribution in [0.3, 0.4) is 0 Å². The third kappa shape index (κ3) is 3.81.